The Labute approximate surface area is 107 Å². The Kier molecular flexibility index (Phi) is 3.59. The monoisotopic (exact) mass is 254 g/mol. The van der Waals surface area contributed by atoms with Crippen LogP contribution in [0.4, 0.5) is 6.01 Å². The Balaban J connectivity index is 2.22. The third-order valence-corrected chi connectivity index (χ3v) is 3.79. The van der Waals surface area contributed by atoms with Gasteiger partial charge in [0.25, 0.3) is 0 Å². The van der Waals surface area contributed by atoms with Crippen molar-refractivity contribution in [3.8, 4) is 0 Å². The van der Waals surface area contributed by atoms with Crippen molar-refractivity contribution >= 4 is 6.01 Å². The van der Waals surface area contributed by atoms with E-state index in [2.05, 4.69) is 29.4 Å². The molecule has 0 spiro atoms. The lowest BCUT2D eigenvalue weighted by Crippen LogP contribution is -2.38. The van der Waals surface area contributed by atoms with E-state index in [1.807, 2.05) is 6.92 Å². The molecular weight excluding hydrogens is 232 g/mol. The normalized spacial score (nSPS) is 21.8. The van der Waals surface area contributed by atoms with Crippen LogP contribution < -0.4 is 11.3 Å². The van der Waals surface area contributed by atoms with Crippen LogP contribution in [-0.2, 0) is 10.3 Å². The summed E-state index contributed by atoms with van der Waals surface area (Å²) in [5, 5.41) is 4.00. The largest absolute Gasteiger partial charge is 0.367 e. The number of hydrogen-bond acceptors (Lipinski definition) is 6. The Morgan fingerprint density at radius 3 is 2.50 bits per heavy atom. The van der Waals surface area contributed by atoms with Crippen LogP contribution in [0, 0.1) is 5.41 Å². The number of hydrazine groups is 1. The lowest BCUT2D eigenvalue weighted by atomic mass is 9.70. The Hall–Kier alpha value is -1.14. The first kappa shape index (κ1) is 13.3. The van der Waals surface area contributed by atoms with E-state index in [0.29, 0.717) is 17.8 Å². The van der Waals surface area contributed by atoms with Crippen LogP contribution in [-0.4, -0.2) is 16.7 Å². The zero-order chi connectivity index (χ0) is 13.2. The van der Waals surface area contributed by atoms with Gasteiger partial charge in [-0.15, -0.1) is 0 Å². The SMILES string of the molecule is CCOC1(c2noc(NN)n2)CCC(C)(C)CC1. The molecule has 1 aliphatic rings. The summed E-state index contributed by atoms with van der Waals surface area (Å²) in [6.45, 7) is 7.20. The number of aromatic nitrogens is 2. The number of rotatable bonds is 4. The van der Waals surface area contributed by atoms with E-state index >= 15 is 0 Å². The maximum absolute atomic E-state index is 5.95. The van der Waals surface area contributed by atoms with Crippen LogP contribution in [0.15, 0.2) is 4.52 Å². The molecule has 0 unspecified atom stereocenters. The predicted octanol–water partition coefficient (Wildman–Crippen LogP) is 2.19. The zero-order valence-electron chi connectivity index (χ0n) is 11.3. The van der Waals surface area contributed by atoms with Crippen molar-refractivity contribution in [2.24, 2.45) is 11.3 Å². The van der Waals surface area contributed by atoms with Gasteiger partial charge in [0.15, 0.2) is 0 Å². The molecule has 6 heteroatoms. The molecule has 0 aliphatic heterocycles. The van der Waals surface area contributed by atoms with Crippen molar-refractivity contribution < 1.29 is 9.26 Å². The second-order valence-corrected chi connectivity index (χ2v) is 5.66. The minimum atomic E-state index is -0.414. The van der Waals surface area contributed by atoms with Crippen molar-refractivity contribution in [2.45, 2.75) is 52.1 Å². The molecule has 102 valence electrons. The second-order valence-electron chi connectivity index (χ2n) is 5.66. The summed E-state index contributed by atoms with van der Waals surface area (Å²) >= 11 is 0. The van der Waals surface area contributed by atoms with Gasteiger partial charge in [-0.25, -0.2) is 5.84 Å². The molecule has 1 fully saturated rings. The van der Waals surface area contributed by atoms with Gasteiger partial charge in [-0.3, -0.25) is 5.43 Å². The number of hydrogen-bond donors (Lipinski definition) is 2. The Morgan fingerprint density at radius 2 is 2.00 bits per heavy atom. The molecule has 1 saturated carbocycles. The first-order chi connectivity index (χ1) is 8.51. The standard InChI is InChI=1S/C12H22N4O2/c1-4-17-12(7-5-11(2,3)6-8-12)9-14-10(15-13)18-16-9/h4-8,13H2,1-3H3,(H,14,15,16). The minimum Gasteiger partial charge on any atom is -0.367 e. The van der Waals surface area contributed by atoms with Crippen molar-refractivity contribution in [2.75, 3.05) is 12.0 Å². The molecule has 0 amide bonds. The summed E-state index contributed by atoms with van der Waals surface area (Å²) in [5.74, 6) is 5.87. The van der Waals surface area contributed by atoms with E-state index in [0.717, 1.165) is 25.7 Å². The summed E-state index contributed by atoms with van der Waals surface area (Å²) in [5.41, 5.74) is 2.31. The Morgan fingerprint density at radius 1 is 1.33 bits per heavy atom. The highest BCUT2D eigenvalue weighted by Gasteiger charge is 2.43. The first-order valence-electron chi connectivity index (χ1n) is 6.46. The molecule has 0 aromatic carbocycles. The number of nitrogen functional groups attached to an aromatic ring is 1. The third-order valence-electron chi connectivity index (χ3n) is 3.79. The van der Waals surface area contributed by atoms with E-state index in [4.69, 9.17) is 15.1 Å². The van der Waals surface area contributed by atoms with Crippen LogP contribution >= 0.6 is 0 Å². The van der Waals surface area contributed by atoms with Gasteiger partial charge >= 0.3 is 6.01 Å². The number of ether oxygens (including phenoxy) is 1. The van der Waals surface area contributed by atoms with E-state index in [1.54, 1.807) is 0 Å². The van der Waals surface area contributed by atoms with Crippen LogP contribution in [0.5, 0.6) is 0 Å². The summed E-state index contributed by atoms with van der Waals surface area (Å²) in [6.07, 6.45) is 4.01. The highest BCUT2D eigenvalue weighted by atomic mass is 16.5. The molecule has 2 rings (SSSR count). The average Bonchev–Trinajstić information content (AvgIpc) is 2.82. The first-order valence-corrected chi connectivity index (χ1v) is 6.46. The number of nitrogens with two attached hydrogens (primary N) is 1. The average molecular weight is 254 g/mol. The van der Waals surface area contributed by atoms with Gasteiger partial charge < -0.3 is 9.26 Å². The van der Waals surface area contributed by atoms with E-state index in [-0.39, 0.29) is 6.01 Å². The van der Waals surface area contributed by atoms with Crippen molar-refractivity contribution in [1.29, 1.82) is 0 Å². The third kappa shape index (κ3) is 2.49. The molecule has 1 heterocycles. The van der Waals surface area contributed by atoms with E-state index in [9.17, 15) is 0 Å². The van der Waals surface area contributed by atoms with Crippen molar-refractivity contribution in [1.82, 2.24) is 10.1 Å². The minimum absolute atomic E-state index is 0.230. The maximum atomic E-state index is 5.95. The smallest absolute Gasteiger partial charge is 0.335 e. The molecule has 0 radical (unpaired) electrons. The van der Waals surface area contributed by atoms with Gasteiger partial charge in [0.05, 0.1) is 0 Å². The van der Waals surface area contributed by atoms with Gasteiger partial charge in [0.2, 0.25) is 5.82 Å². The number of nitrogens with one attached hydrogen (secondary N) is 1. The van der Waals surface area contributed by atoms with Crippen molar-refractivity contribution in [3.05, 3.63) is 5.82 Å². The maximum Gasteiger partial charge on any atom is 0.335 e. The summed E-state index contributed by atoms with van der Waals surface area (Å²) < 4.78 is 11.0. The summed E-state index contributed by atoms with van der Waals surface area (Å²) in [7, 11) is 0. The Bertz CT molecular complexity index is 393. The van der Waals surface area contributed by atoms with Gasteiger partial charge in [-0.1, -0.05) is 19.0 Å². The van der Waals surface area contributed by atoms with Gasteiger partial charge in [-0.2, -0.15) is 4.98 Å². The fraction of sp³-hybridized carbons (Fsp3) is 0.833. The van der Waals surface area contributed by atoms with E-state index in [1.165, 1.54) is 0 Å². The van der Waals surface area contributed by atoms with Gasteiger partial charge in [0, 0.05) is 6.61 Å². The lowest BCUT2D eigenvalue weighted by Gasteiger charge is -2.41. The molecule has 1 aliphatic carbocycles. The highest BCUT2D eigenvalue weighted by molar-refractivity contribution is 5.18. The summed E-state index contributed by atoms with van der Waals surface area (Å²) in [4.78, 5) is 4.25. The molecular formula is C12H22N4O2. The molecule has 0 bridgehead atoms. The molecule has 0 atom stereocenters. The molecule has 18 heavy (non-hydrogen) atoms. The van der Waals surface area contributed by atoms with Crippen LogP contribution in [0.25, 0.3) is 0 Å². The molecule has 1 aromatic rings. The topological polar surface area (TPSA) is 86.2 Å². The zero-order valence-corrected chi connectivity index (χ0v) is 11.3. The molecule has 3 N–H and O–H groups in total. The fourth-order valence-corrected chi connectivity index (χ4v) is 2.51. The van der Waals surface area contributed by atoms with E-state index < -0.39 is 5.60 Å². The van der Waals surface area contributed by atoms with Crippen molar-refractivity contribution in [3.63, 3.8) is 0 Å². The predicted molar refractivity (Wildman–Crippen MR) is 67.7 cm³/mol. The highest BCUT2D eigenvalue weighted by Crippen LogP contribution is 2.46. The van der Waals surface area contributed by atoms with Crippen LogP contribution in [0.2, 0.25) is 0 Å². The van der Waals surface area contributed by atoms with Crippen LogP contribution in [0.1, 0.15) is 52.3 Å². The fourth-order valence-electron chi connectivity index (χ4n) is 2.51. The molecule has 1 aromatic heterocycles. The quantitative estimate of drug-likeness (QED) is 0.632. The van der Waals surface area contributed by atoms with Gasteiger partial charge in [-0.05, 0) is 38.0 Å². The summed E-state index contributed by atoms with van der Waals surface area (Å²) in [6, 6.07) is 0.230. The van der Waals surface area contributed by atoms with Crippen LogP contribution in [0.3, 0.4) is 0 Å². The molecule has 0 saturated heterocycles. The number of anilines is 1. The lowest BCUT2D eigenvalue weighted by molar-refractivity contribution is -0.0957. The van der Waals surface area contributed by atoms with Gasteiger partial charge in [0.1, 0.15) is 5.60 Å². The second kappa shape index (κ2) is 4.85. The molecule has 6 nitrogen and oxygen atoms in total. The number of nitrogens with zero attached hydrogens (tertiary/aromatic N) is 2.